The van der Waals surface area contributed by atoms with Gasteiger partial charge in [0.25, 0.3) is 0 Å². The minimum absolute atomic E-state index is 0.350. The molecule has 5 heteroatoms. The van der Waals surface area contributed by atoms with E-state index in [1.165, 1.54) is 10.0 Å². The van der Waals surface area contributed by atoms with Crippen molar-refractivity contribution in [3.8, 4) is 0 Å². The first-order valence-corrected chi connectivity index (χ1v) is 8.19. The van der Waals surface area contributed by atoms with E-state index in [4.69, 9.17) is 4.74 Å². The number of hydrogen-bond donors (Lipinski definition) is 1. The highest BCUT2D eigenvalue weighted by Crippen LogP contribution is 2.34. The fourth-order valence-corrected chi connectivity index (χ4v) is 3.55. The van der Waals surface area contributed by atoms with E-state index in [0.29, 0.717) is 18.1 Å². The quantitative estimate of drug-likeness (QED) is 0.782. The van der Waals surface area contributed by atoms with Gasteiger partial charge < -0.3 is 10.1 Å². The van der Waals surface area contributed by atoms with Crippen LogP contribution in [0.25, 0.3) is 0 Å². The van der Waals surface area contributed by atoms with Crippen molar-refractivity contribution in [1.29, 1.82) is 0 Å². The van der Waals surface area contributed by atoms with Crippen LogP contribution in [-0.2, 0) is 11.2 Å². The first-order valence-electron chi connectivity index (χ1n) is 7.38. The zero-order valence-corrected chi connectivity index (χ0v) is 13.0. The maximum absolute atomic E-state index is 5.73. The fourth-order valence-electron chi connectivity index (χ4n) is 2.48. The first kappa shape index (κ1) is 14.9. The smallest absolute Gasteiger partial charge is 0.123 e. The summed E-state index contributed by atoms with van der Waals surface area (Å²) in [6.07, 6.45) is 4.68. The van der Waals surface area contributed by atoms with Crippen LogP contribution in [0.1, 0.15) is 56.0 Å². The van der Waals surface area contributed by atoms with Gasteiger partial charge in [0.15, 0.2) is 0 Å². The maximum atomic E-state index is 5.73. The highest BCUT2D eigenvalue weighted by Gasteiger charge is 2.30. The molecular formula is C14H25N3OS. The van der Waals surface area contributed by atoms with Crippen LogP contribution >= 0.6 is 11.3 Å². The molecule has 1 aromatic heterocycles. The van der Waals surface area contributed by atoms with Gasteiger partial charge in [0, 0.05) is 25.0 Å². The molecule has 19 heavy (non-hydrogen) atoms. The van der Waals surface area contributed by atoms with E-state index in [-0.39, 0.29) is 0 Å². The predicted octanol–water partition coefficient (Wildman–Crippen LogP) is 2.75. The molecule has 2 unspecified atom stereocenters. The number of hydrogen-bond acceptors (Lipinski definition) is 5. The molecule has 0 aliphatic carbocycles. The summed E-state index contributed by atoms with van der Waals surface area (Å²) in [4.78, 5) is 0. The zero-order valence-electron chi connectivity index (χ0n) is 12.2. The van der Waals surface area contributed by atoms with Crippen LogP contribution in [0.2, 0.25) is 0 Å². The molecule has 2 atom stereocenters. The Labute approximate surface area is 120 Å². The summed E-state index contributed by atoms with van der Waals surface area (Å²) < 4.78 is 5.73. The highest BCUT2D eigenvalue weighted by atomic mass is 32.1. The summed E-state index contributed by atoms with van der Waals surface area (Å²) in [7, 11) is 0. The summed E-state index contributed by atoms with van der Waals surface area (Å²) in [6, 6.07) is 0.561. The van der Waals surface area contributed by atoms with Crippen LogP contribution in [-0.4, -0.2) is 35.5 Å². The van der Waals surface area contributed by atoms with Gasteiger partial charge in [-0.05, 0) is 25.8 Å². The van der Waals surface area contributed by atoms with E-state index in [9.17, 15) is 0 Å². The molecule has 0 amide bonds. The van der Waals surface area contributed by atoms with Crippen molar-refractivity contribution in [2.75, 3.05) is 13.2 Å². The van der Waals surface area contributed by atoms with Gasteiger partial charge in [0.1, 0.15) is 10.0 Å². The molecule has 1 fully saturated rings. The molecule has 0 radical (unpaired) electrons. The van der Waals surface area contributed by atoms with E-state index in [1.807, 2.05) is 0 Å². The third-order valence-electron chi connectivity index (χ3n) is 3.53. The molecule has 0 saturated carbocycles. The van der Waals surface area contributed by atoms with Crippen LogP contribution in [0.5, 0.6) is 0 Å². The number of nitrogens with one attached hydrogen (secondary N) is 1. The van der Waals surface area contributed by atoms with E-state index >= 15 is 0 Å². The third kappa shape index (κ3) is 4.23. The van der Waals surface area contributed by atoms with Crippen LogP contribution in [0.4, 0.5) is 0 Å². The molecular weight excluding hydrogens is 258 g/mol. The third-order valence-corrected chi connectivity index (χ3v) is 4.65. The van der Waals surface area contributed by atoms with Gasteiger partial charge in [0.2, 0.25) is 0 Å². The number of nitrogens with zero attached hydrogens (tertiary/aromatic N) is 2. The SMILES string of the molecule is CCC1OCCC1c1nnc(CCCNC(C)C)s1. The van der Waals surface area contributed by atoms with Gasteiger partial charge in [0.05, 0.1) is 6.10 Å². The van der Waals surface area contributed by atoms with Crippen molar-refractivity contribution in [2.24, 2.45) is 0 Å². The second kappa shape index (κ2) is 7.31. The topological polar surface area (TPSA) is 47.0 Å². The number of aryl methyl sites for hydroxylation is 1. The molecule has 2 rings (SSSR count). The molecule has 1 aliphatic rings. The zero-order chi connectivity index (χ0) is 13.7. The monoisotopic (exact) mass is 283 g/mol. The Bertz CT molecular complexity index is 381. The standard InChI is InChI=1S/C14H25N3OS/c1-4-12-11(7-9-18-12)14-17-16-13(19-14)6-5-8-15-10(2)3/h10-12,15H,4-9H2,1-3H3. The van der Waals surface area contributed by atoms with Crippen LogP contribution in [0.3, 0.4) is 0 Å². The van der Waals surface area contributed by atoms with Crippen molar-refractivity contribution in [2.45, 2.75) is 64.5 Å². The molecule has 1 aliphatic heterocycles. The largest absolute Gasteiger partial charge is 0.377 e. The lowest BCUT2D eigenvalue weighted by Crippen LogP contribution is -2.23. The number of ether oxygens (including phenoxy) is 1. The molecule has 0 aromatic carbocycles. The Balaban J connectivity index is 1.81. The van der Waals surface area contributed by atoms with E-state index in [1.54, 1.807) is 11.3 Å². The summed E-state index contributed by atoms with van der Waals surface area (Å²) in [6.45, 7) is 8.46. The molecule has 1 N–H and O–H groups in total. The van der Waals surface area contributed by atoms with Crippen molar-refractivity contribution in [1.82, 2.24) is 15.5 Å². The van der Waals surface area contributed by atoms with Crippen molar-refractivity contribution < 1.29 is 4.74 Å². The van der Waals surface area contributed by atoms with Gasteiger partial charge >= 0.3 is 0 Å². The Morgan fingerprint density at radius 1 is 1.42 bits per heavy atom. The fraction of sp³-hybridized carbons (Fsp3) is 0.857. The summed E-state index contributed by atoms with van der Waals surface area (Å²) in [5, 5.41) is 14.5. The lowest BCUT2D eigenvalue weighted by atomic mass is 10.0. The van der Waals surface area contributed by atoms with Gasteiger partial charge in [-0.25, -0.2) is 0 Å². The minimum atomic E-state index is 0.350. The normalized spacial score (nSPS) is 23.4. The van der Waals surface area contributed by atoms with Crippen LogP contribution in [0, 0.1) is 0 Å². The van der Waals surface area contributed by atoms with Crippen molar-refractivity contribution >= 4 is 11.3 Å². The lowest BCUT2D eigenvalue weighted by molar-refractivity contribution is 0.100. The molecule has 2 heterocycles. The van der Waals surface area contributed by atoms with Gasteiger partial charge in [-0.3, -0.25) is 0 Å². The second-order valence-corrected chi connectivity index (χ2v) is 6.55. The number of rotatable bonds is 7. The van der Waals surface area contributed by atoms with Crippen molar-refractivity contribution in [3.05, 3.63) is 10.0 Å². The number of aromatic nitrogens is 2. The highest BCUT2D eigenvalue weighted by molar-refractivity contribution is 7.11. The molecule has 0 spiro atoms. The van der Waals surface area contributed by atoms with Crippen LogP contribution in [0.15, 0.2) is 0 Å². The molecule has 4 nitrogen and oxygen atoms in total. The summed E-state index contributed by atoms with van der Waals surface area (Å²) in [5.41, 5.74) is 0. The Kier molecular flexibility index (Phi) is 5.73. The van der Waals surface area contributed by atoms with Gasteiger partial charge in [-0.2, -0.15) is 0 Å². The van der Waals surface area contributed by atoms with Gasteiger partial charge in [-0.15, -0.1) is 21.5 Å². The summed E-state index contributed by atoms with van der Waals surface area (Å²) in [5.74, 6) is 0.477. The molecule has 108 valence electrons. The predicted molar refractivity (Wildman–Crippen MR) is 78.8 cm³/mol. The van der Waals surface area contributed by atoms with Crippen molar-refractivity contribution in [3.63, 3.8) is 0 Å². The maximum Gasteiger partial charge on any atom is 0.123 e. The average molecular weight is 283 g/mol. The van der Waals surface area contributed by atoms with E-state index in [0.717, 1.165) is 38.8 Å². The van der Waals surface area contributed by atoms with Gasteiger partial charge in [-0.1, -0.05) is 20.8 Å². The Morgan fingerprint density at radius 2 is 2.26 bits per heavy atom. The van der Waals surface area contributed by atoms with E-state index in [2.05, 4.69) is 36.3 Å². The second-order valence-electron chi connectivity index (χ2n) is 5.46. The molecule has 1 aromatic rings. The molecule has 1 saturated heterocycles. The lowest BCUT2D eigenvalue weighted by Gasteiger charge is -2.12. The van der Waals surface area contributed by atoms with E-state index < -0.39 is 0 Å². The molecule has 0 bridgehead atoms. The summed E-state index contributed by atoms with van der Waals surface area (Å²) >= 11 is 1.78. The Hall–Kier alpha value is -0.520. The average Bonchev–Trinajstić information content (AvgIpc) is 3.02. The van der Waals surface area contributed by atoms with Crippen LogP contribution < -0.4 is 5.32 Å². The minimum Gasteiger partial charge on any atom is -0.377 e. The first-order chi connectivity index (χ1) is 9.20. The Morgan fingerprint density at radius 3 is 3.00 bits per heavy atom.